The molecule has 0 spiro atoms. The monoisotopic (exact) mass is 345 g/mol. The summed E-state index contributed by atoms with van der Waals surface area (Å²) in [6, 6.07) is 9.94. The van der Waals surface area contributed by atoms with Crippen molar-refractivity contribution in [3.05, 3.63) is 35.9 Å². The Labute approximate surface area is 149 Å². The molecule has 2 heterocycles. The van der Waals surface area contributed by atoms with Crippen LogP contribution in [-0.4, -0.2) is 67.0 Å². The van der Waals surface area contributed by atoms with Crippen molar-refractivity contribution in [1.82, 2.24) is 15.1 Å². The Hall–Kier alpha value is -1.92. The summed E-state index contributed by atoms with van der Waals surface area (Å²) in [6.45, 7) is 5.85. The number of hydrogen-bond donors (Lipinski definition) is 1. The largest absolute Gasteiger partial charge is 0.368 e. The van der Waals surface area contributed by atoms with E-state index in [1.165, 1.54) is 0 Å². The van der Waals surface area contributed by atoms with Crippen molar-refractivity contribution in [2.24, 2.45) is 0 Å². The summed E-state index contributed by atoms with van der Waals surface area (Å²) in [5, 5.41) is 3.04. The van der Waals surface area contributed by atoms with Crippen LogP contribution in [-0.2, 0) is 14.3 Å². The number of piperazine rings is 1. The average molecular weight is 345 g/mol. The lowest BCUT2D eigenvalue weighted by Crippen LogP contribution is -2.53. The normalized spacial score (nSPS) is 22.6. The molecule has 0 aliphatic carbocycles. The first kappa shape index (κ1) is 17.9. The molecule has 2 fully saturated rings. The summed E-state index contributed by atoms with van der Waals surface area (Å²) in [4.78, 5) is 28.6. The average Bonchev–Trinajstić information content (AvgIpc) is 3.17. The van der Waals surface area contributed by atoms with E-state index < -0.39 is 0 Å². The molecule has 0 saturated carbocycles. The van der Waals surface area contributed by atoms with Gasteiger partial charge in [0.25, 0.3) is 5.91 Å². The highest BCUT2D eigenvalue weighted by Crippen LogP contribution is 2.16. The third-order valence-electron chi connectivity index (χ3n) is 4.93. The second-order valence-electron chi connectivity index (χ2n) is 6.80. The fourth-order valence-corrected chi connectivity index (χ4v) is 3.42. The molecule has 0 aromatic heterocycles. The Kier molecular flexibility index (Phi) is 6.04. The summed E-state index contributed by atoms with van der Waals surface area (Å²) in [5.41, 5.74) is 1.10. The molecule has 1 aromatic rings. The van der Waals surface area contributed by atoms with Crippen LogP contribution in [0.5, 0.6) is 0 Å². The molecule has 25 heavy (non-hydrogen) atoms. The van der Waals surface area contributed by atoms with Gasteiger partial charge in [-0.25, -0.2) is 0 Å². The predicted molar refractivity (Wildman–Crippen MR) is 95.0 cm³/mol. The van der Waals surface area contributed by atoms with Crippen molar-refractivity contribution >= 4 is 11.8 Å². The van der Waals surface area contributed by atoms with Crippen molar-refractivity contribution in [3.8, 4) is 0 Å². The van der Waals surface area contributed by atoms with Crippen LogP contribution in [0.4, 0.5) is 0 Å². The summed E-state index contributed by atoms with van der Waals surface area (Å²) in [6.07, 6.45) is 1.55. The number of hydrogen-bond acceptors (Lipinski definition) is 4. The smallest absolute Gasteiger partial charge is 0.251 e. The highest BCUT2D eigenvalue weighted by Gasteiger charge is 2.30. The van der Waals surface area contributed by atoms with E-state index in [0.29, 0.717) is 26.2 Å². The summed E-state index contributed by atoms with van der Waals surface area (Å²) in [5.74, 6) is 0.134. The van der Waals surface area contributed by atoms with E-state index in [0.717, 1.165) is 31.5 Å². The van der Waals surface area contributed by atoms with Crippen molar-refractivity contribution in [1.29, 1.82) is 0 Å². The van der Waals surface area contributed by atoms with Gasteiger partial charge in [-0.15, -0.1) is 0 Å². The zero-order valence-electron chi connectivity index (χ0n) is 14.8. The summed E-state index contributed by atoms with van der Waals surface area (Å²) >= 11 is 0. The number of benzene rings is 1. The van der Waals surface area contributed by atoms with E-state index >= 15 is 0 Å². The maximum absolute atomic E-state index is 12.3. The lowest BCUT2D eigenvalue weighted by molar-refractivity contribution is -0.142. The van der Waals surface area contributed by atoms with Gasteiger partial charge < -0.3 is 15.0 Å². The Morgan fingerprint density at radius 2 is 1.92 bits per heavy atom. The molecule has 3 rings (SSSR count). The molecule has 6 heteroatoms. The van der Waals surface area contributed by atoms with Crippen LogP contribution in [0.2, 0.25) is 0 Å². The van der Waals surface area contributed by atoms with Gasteiger partial charge in [-0.2, -0.15) is 0 Å². The first-order chi connectivity index (χ1) is 12.1. The second kappa shape index (κ2) is 8.45. The van der Waals surface area contributed by atoms with E-state index in [1.807, 2.05) is 42.2 Å². The number of carbonyl (C=O) groups excluding carboxylic acids is 2. The van der Waals surface area contributed by atoms with Crippen LogP contribution in [0.1, 0.15) is 31.4 Å². The van der Waals surface area contributed by atoms with Gasteiger partial charge in [-0.1, -0.05) is 30.3 Å². The van der Waals surface area contributed by atoms with Crippen molar-refractivity contribution in [2.45, 2.75) is 31.9 Å². The fourth-order valence-electron chi connectivity index (χ4n) is 3.42. The third kappa shape index (κ3) is 4.80. The molecule has 2 atom stereocenters. The van der Waals surface area contributed by atoms with Gasteiger partial charge >= 0.3 is 0 Å². The third-order valence-corrected chi connectivity index (χ3v) is 4.93. The first-order valence-electron chi connectivity index (χ1n) is 9.10. The van der Waals surface area contributed by atoms with Crippen LogP contribution in [0.15, 0.2) is 30.3 Å². The molecule has 136 valence electrons. The molecular weight excluding hydrogens is 318 g/mol. The summed E-state index contributed by atoms with van der Waals surface area (Å²) in [7, 11) is 0. The first-order valence-corrected chi connectivity index (χ1v) is 9.10. The molecule has 0 unspecified atom stereocenters. The van der Waals surface area contributed by atoms with Gasteiger partial charge in [-0.3, -0.25) is 14.5 Å². The van der Waals surface area contributed by atoms with Gasteiger partial charge in [0.15, 0.2) is 0 Å². The zero-order chi connectivity index (χ0) is 17.6. The van der Waals surface area contributed by atoms with E-state index in [2.05, 4.69) is 10.2 Å². The fraction of sp³-hybridized carbons (Fsp3) is 0.579. The molecule has 0 radical (unpaired) electrons. The standard InChI is InChI=1S/C19H27N3O3/c1-15(16-6-3-2-4-7-16)20-18(23)14-21-9-11-22(12-10-21)19(24)17-8-5-13-25-17/h2-4,6-7,15,17H,5,8-14H2,1H3,(H,20,23)/t15-,17+/m0/s1. The Morgan fingerprint density at radius 1 is 1.20 bits per heavy atom. The molecule has 2 saturated heterocycles. The number of amides is 2. The van der Waals surface area contributed by atoms with Crippen molar-refractivity contribution in [2.75, 3.05) is 39.3 Å². The molecular formula is C19H27N3O3. The maximum atomic E-state index is 12.3. The van der Waals surface area contributed by atoms with Gasteiger partial charge in [0.2, 0.25) is 5.91 Å². The lowest BCUT2D eigenvalue weighted by atomic mass is 10.1. The zero-order valence-corrected chi connectivity index (χ0v) is 14.8. The highest BCUT2D eigenvalue weighted by atomic mass is 16.5. The van der Waals surface area contributed by atoms with Crippen LogP contribution in [0.25, 0.3) is 0 Å². The van der Waals surface area contributed by atoms with Crippen LogP contribution in [0, 0.1) is 0 Å². The lowest BCUT2D eigenvalue weighted by Gasteiger charge is -2.35. The Bertz CT molecular complexity index is 579. The Morgan fingerprint density at radius 3 is 2.56 bits per heavy atom. The molecule has 2 amide bonds. The van der Waals surface area contributed by atoms with E-state index in [1.54, 1.807) is 0 Å². The minimum Gasteiger partial charge on any atom is -0.368 e. The molecule has 2 aliphatic heterocycles. The second-order valence-corrected chi connectivity index (χ2v) is 6.80. The number of ether oxygens (including phenoxy) is 1. The number of nitrogens with zero attached hydrogens (tertiary/aromatic N) is 2. The topological polar surface area (TPSA) is 61.9 Å². The van der Waals surface area contributed by atoms with Gasteiger partial charge in [0.05, 0.1) is 12.6 Å². The molecule has 2 aliphatic rings. The van der Waals surface area contributed by atoms with Gasteiger partial charge in [-0.05, 0) is 25.3 Å². The Balaban J connectivity index is 1.41. The van der Waals surface area contributed by atoms with Crippen molar-refractivity contribution in [3.63, 3.8) is 0 Å². The van der Waals surface area contributed by atoms with E-state index in [-0.39, 0.29) is 24.0 Å². The van der Waals surface area contributed by atoms with Crippen LogP contribution >= 0.6 is 0 Å². The molecule has 6 nitrogen and oxygen atoms in total. The molecule has 1 aromatic carbocycles. The minimum atomic E-state index is -0.249. The summed E-state index contributed by atoms with van der Waals surface area (Å²) < 4.78 is 5.48. The number of rotatable bonds is 5. The maximum Gasteiger partial charge on any atom is 0.251 e. The van der Waals surface area contributed by atoms with Crippen molar-refractivity contribution < 1.29 is 14.3 Å². The number of nitrogens with one attached hydrogen (secondary N) is 1. The number of carbonyl (C=O) groups is 2. The molecule has 1 N–H and O–H groups in total. The quantitative estimate of drug-likeness (QED) is 0.871. The SMILES string of the molecule is C[C@H](NC(=O)CN1CCN(C(=O)[C@H]2CCCO2)CC1)c1ccccc1. The van der Waals surface area contributed by atoms with Crippen LogP contribution < -0.4 is 5.32 Å². The molecule has 0 bridgehead atoms. The predicted octanol–water partition coefficient (Wildman–Crippen LogP) is 1.19. The van der Waals surface area contributed by atoms with Gasteiger partial charge in [0, 0.05) is 32.8 Å². The van der Waals surface area contributed by atoms with Gasteiger partial charge in [0.1, 0.15) is 6.10 Å². The van der Waals surface area contributed by atoms with Crippen LogP contribution in [0.3, 0.4) is 0 Å². The van der Waals surface area contributed by atoms with E-state index in [4.69, 9.17) is 4.74 Å². The highest BCUT2D eigenvalue weighted by molar-refractivity contribution is 5.81. The van der Waals surface area contributed by atoms with E-state index in [9.17, 15) is 9.59 Å². The minimum absolute atomic E-state index is 0.00363.